The second-order valence-corrected chi connectivity index (χ2v) is 7.13. The molecule has 0 atom stereocenters. The summed E-state index contributed by atoms with van der Waals surface area (Å²) < 4.78 is 12.9. The van der Waals surface area contributed by atoms with E-state index in [-0.39, 0.29) is 30.3 Å². The van der Waals surface area contributed by atoms with Gasteiger partial charge in [-0.1, -0.05) is 0 Å². The van der Waals surface area contributed by atoms with Gasteiger partial charge in [0, 0.05) is 54.7 Å². The second kappa shape index (κ2) is 9.85. The first-order valence-electron chi connectivity index (χ1n) is 9.02. The molecule has 0 aliphatic rings. The van der Waals surface area contributed by atoms with Crippen molar-refractivity contribution in [3.8, 4) is 10.6 Å². The number of halogens is 1. The lowest BCUT2D eigenvalue weighted by Gasteiger charge is -2.04. The Morgan fingerprint density at radius 2 is 1.93 bits per heavy atom. The van der Waals surface area contributed by atoms with Crippen molar-refractivity contribution < 1.29 is 14.0 Å². The molecule has 0 unspecified atom stereocenters. The topological polar surface area (TPSA) is 72.0 Å². The molecule has 2 aromatic heterocycles. The molecule has 2 heterocycles. The summed E-state index contributed by atoms with van der Waals surface area (Å²) in [6, 6.07) is 9.29. The van der Waals surface area contributed by atoms with E-state index in [9.17, 15) is 14.0 Å². The van der Waals surface area contributed by atoms with Crippen molar-refractivity contribution in [3.63, 3.8) is 0 Å². The Hall–Kier alpha value is -2.93. The largest absolute Gasteiger partial charge is 0.356 e. The molecular weight excluding hydrogens is 377 g/mol. The van der Waals surface area contributed by atoms with Gasteiger partial charge >= 0.3 is 0 Å². The van der Waals surface area contributed by atoms with Crippen LogP contribution in [0.4, 0.5) is 4.39 Å². The Morgan fingerprint density at radius 3 is 2.68 bits per heavy atom. The van der Waals surface area contributed by atoms with Crippen LogP contribution < -0.4 is 5.32 Å². The minimum absolute atomic E-state index is 0.0850. The maximum absolute atomic E-state index is 12.9. The quantitative estimate of drug-likeness (QED) is 0.553. The van der Waals surface area contributed by atoms with E-state index in [1.807, 2.05) is 17.5 Å². The lowest BCUT2D eigenvalue weighted by Crippen LogP contribution is -2.25. The van der Waals surface area contributed by atoms with E-state index >= 15 is 0 Å². The Bertz CT molecular complexity index is 926. The minimum Gasteiger partial charge on any atom is -0.356 e. The summed E-state index contributed by atoms with van der Waals surface area (Å²) in [5.74, 6) is -0.545. The highest BCUT2D eigenvalue weighted by atomic mass is 32.1. The van der Waals surface area contributed by atoms with Gasteiger partial charge in [0.1, 0.15) is 10.8 Å². The maximum Gasteiger partial charge on any atom is 0.220 e. The molecule has 28 heavy (non-hydrogen) atoms. The number of ketones is 1. The van der Waals surface area contributed by atoms with Gasteiger partial charge in [-0.25, -0.2) is 9.37 Å². The van der Waals surface area contributed by atoms with Crippen molar-refractivity contribution in [1.29, 1.82) is 0 Å². The zero-order valence-electron chi connectivity index (χ0n) is 15.2. The third-order valence-electron chi connectivity index (χ3n) is 4.14. The van der Waals surface area contributed by atoms with E-state index in [4.69, 9.17) is 0 Å². The fourth-order valence-electron chi connectivity index (χ4n) is 2.65. The van der Waals surface area contributed by atoms with Crippen LogP contribution in [0, 0.1) is 5.82 Å². The van der Waals surface area contributed by atoms with Crippen molar-refractivity contribution in [1.82, 2.24) is 15.3 Å². The summed E-state index contributed by atoms with van der Waals surface area (Å²) in [6.45, 7) is 0.501. The standard InChI is InChI=1S/C21H20FN3O2S/c22-17-8-6-15(7-9-17)19(26)4-1-5-20(27)24-12-10-18-14-28-21(25-18)16-3-2-11-23-13-16/h2-3,6-9,11,13-14H,1,4-5,10,12H2,(H,24,27). The van der Waals surface area contributed by atoms with Crippen molar-refractivity contribution in [3.05, 3.63) is 71.2 Å². The van der Waals surface area contributed by atoms with Crippen LogP contribution in [0.2, 0.25) is 0 Å². The smallest absolute Gasteiger partial charge is 0.220 e. The molecule has 1 aromatic carbocycles. The molecular formula is C21H20FN3O2S. The number of carbonyl (C=O) groups excluding carboxylic acids is 2. The maximum atomic E-state index is 12.9. The van der Waals surface area contributed by atoms with Crippen LogP contribution >= 0.6 is 11.3 Å². The second-order valence-electron chi connectivity index (χ2n) is 6.27. The summed E-state index contributed by atoms with van der Waals surface area (Å²) in [5.41, 5.74) is 2.37. The van der Waals surface area contributed by atoms with Crippen LogP contribution in [0.1, 0.15) is 35.3 Å². The Labute approximate surface area is 166 Å². The lowest BCUT2D eigenvalue weighted by molar-refractivity contribution is -0.121. The van der Waals surface area contributed by atoms with E-state index in [0.29, 0.717) is 24.9 Å². The number of Topliss-reactive ketones (excluding diaryl/α,β-unsaturated/α-hetero) is 1. The van der Waals surface area contributed by atoms with Crippen LogP contribution in [0.15, 0.2) is 54.2 Å². The van der Waals surface area contributed by atoms with Gasteiger partial charge in [0.2, 0.25) is 5.91 Å². The van der Waals surface area contributed by atoms with Crippen molar-refractivity contribution in [2.75, 3.05) is 6.54 Å². The SMILES string of the molecule is O=C(CCCC(=O)c1ccc(F)cc1)NCCc1csc(-c2cccnc2)n1. The molecule has 1 N–H and O–H groups in total. The normalized spacial score (nSPS) is 10.6. The molecule has 3 aromatic rings. The Balaban J connectivity index is 1.35. The third kappa shape index (κ3) is 5.79. The van der Waals surface area contributed by atoms with Crippen LogP contribution in [0.25, 0.3) is 10.6 Å². The van der Waals surface area contributed by atoms with E-state index in [1.165, 1.54) is 24.3 Å². The molecule has 0 spiro atoms. The number of benzene rings is 1. The van der Waals surface area contributed by atoms with E-state index in [1.54, 1.807) is 23.7 Å². The molecule has 5 nitrogen and oxygen atoms in total. The van der Waals surface area contributed by atoms with Gasteiger partial charge < -0.3 is 5.32 Å². The molecule has 1 amide bonds. The molecule has 0 fully saturated rings. The minimum atomic E-state index is -0.372. The van der Waals surface area contributed by atoms with Crippen molar-refractivity contribution in [2.45, 2.75) is 25.7 Å². The number of aromatic nitrogens is 2. The molecule has 0 aliphatic carbocycles. The average Bonchev–Trinajstić information content (AvgIpc) is 3.18. The van der Waals surface area contributed by atoms with Gasteiger partial charge in [-0.3, -0.25) is 14.6 Å². The highest BCUT2D eigenvalue weighted by Crippen LogP contribution is 2.22. The summed E-state index contributed by atoms with van der Waals surface area (Å²) in [7, 11) is 0. The predicted octanol–water partition coefficient (Wildman–Crippen LogP) is 4.06. The number of carbonyl (C=O) groups is 2. The number of nitrogens with zero attached hydrogens (tertiary/aromatic N) is 2. The van der Waals surface area contributed by atoms with Gasteiger partial charge in [-0.05, 0) is 42.8 Å². The summed E-state index contributed by atoms with van der Waals surface area (Å²) >= 11 is 1.55. The fourth-order valence-corrected chi connectivity index (χ4v) is 3.50. The van der Waals surface area contributed by atoms with Crippen LogP contribution in [-0.4, -0.2) is 28.2 Å². The van der Waals surface area contributed by atoms with E-state index < -0.39 is 0 Å². The first kappa shape index (κ1) is 19.8. The number of pyridine rings is 1. The summed E-state index contributed by atoms with van der Waals surface area (Å²) in [6.07, 6.45) is 5.16. The number of thiazole rings is 1. The fraction of sp³-hybridized carbons (Fsp3) is 0.238. The van der Waals surface area contributed by atoms with E-state index in [2.05, 4.69) is 15.3 Å². The molecule has 0 saturated heterocycles. The van der Waals surface area contributed by atoms with Crippen LogP contribution in [-0.2, 0) is 11.2 Å². The lowest BCUT2D eigenvalue weighted by atomic mass is 10.1. The van der Waals surface area contributed by atoms with Gasteiger partial charge in [-0.2, -0.15) is 0 Å². The molecule has 3 rings (SSSR count). The number of hydrogen-bond acceptors (Lipinski definition) is 5. The zero-order valence-corrected chi connectivity index (χ0v) is 16.0. The summed E-state index contributed by atoms with van der Waals surface area (Å²) in [4.78, 5) is 32.6. The summed E-state index contributed by atoms with van der Waals surface area (Å²) in [5, 5.41) is 5.75. The molecule has 0 aliphatic heterocycles. The highest BCUT2D eigenvalue weighted by Gasteiger charge is 2.09. The average molecular weight is 397 g/mol. The molecule has 144 valence electrons. The molecule has 0 bridgehead atoms. The van der Waals surface area contributed by atoms with Crippen molar-refractivity contribution >= 4 is 23.0 Å². The predicted molar refractivity (Wildman–Crippen MR) is 107 cm³/mol. The van der Waals surface area contributed by atoms with Crippen molar-refractivity contribution in [2.24, 2.45) is 0 Å². The van der Waals surface area contributed by atoms with Crippen LogP contribution in [0.3, 0.4) is 0 Å². The van der Waals surface area contributed by atoms with Gasteiger partial charge in [0.25, 0.3) is 0 Å². The molecule has 7 heteroatoms. The molecule has 0 saturated carbocycles. The monoisotopic (exact) mass is 397 g/mol. The Kier molecular flexibility index (Phi) is 6.97. The van der Waals surface area contributed by atoms with E-state index in [0.717, 1.165) is 16.3 Å². The third-order valence-corrected chi connectivity index (χ3v) is 5.08. The number of amides is 1. The van der Waals surface area contributed by atoms with Crippen LogP contribution in [0.5, 0.6) is 0 Å². The highest BCUT2D eigenvalue weighted by molar-refractivity contribution is 7.13. The van der Waals surface area contributed by atoms with Gasteiger partial charge in [0.05, 0.1) is 5.69 Å². The first-order chi connectivity index (χ1) is 13.6. The zero-order chi connectivity index (χ0) is 19.8. The number of nitrogens with one attached hydrogen (secondary N) is 1. The molecule has 0 radical (unpaired) electrons. The number of rotatable bonds is 9. The number of hydrogen-bond donors (Lipinski definition) is 1. The first-order valence-corrected chi connectivity index (χ1v) is 9.90. The van der Waals surface area contributed by atoms with Gasteiger partial charge in [0.15, 0.2) is 5.78 Å². The van der Waals surface area contributed by atoms with Gasteiger partial charge in [-0.15, -0.1) is 11.3 Å². The Morgan fingerprint density at radius 1 is 1.11 bits per heavy atom.